The molecule has 1 fully saturated rings. The summed E-state index contributed by atoms with van der Waals surface area (Å²) < 4.78 is 21.3. The molecule has 0 aliphatic carbocycles. The zero-order valence-electron chi connectivity index (χ0n) is 15.9. The van der Waals surface area contributed by atoms with Gasteiger partial charge in [-0.05, 0) is 30.5 Å². The number of unbranched alkanes of at least 4 members (excludes halogenated alkanes) is 5. The van der Waals surface area contributed by atoms with Crippen LogP contribution in [-0.2, 0) is 15.5 Å². The molecule has 2 rings (SSSR count). The molecule has 0 spiro atoms. The Morgan fingerprint density at radius 2 is 1.96 bits per heavy atom. The van der Waals surface area contributed by atoms with Crippen molar-refractivity contribution in [1.29, 1.82) is 0 Å². The van der Waals surface area contributed by atoms with E-state index in [9.17, 15) is 4.57 Å². The molecule has 1 aliphatic rings. The van der Waals surface area contributed by atoms with Gasteiger partial charge in [-0.3, -0.25) is 4.52 Å². The maximum absolute atomic E-state index is 10.8. The Hall–Kier alpha value is -0.620. The van der Waals surface area contributed by atoms with Gasteiger partial charge in [0, 0.05) is 19.0 Å². The van der Waals surface area contributed by atoms with Gasteiger partial charge in [-0.2, -0.15) is 0 Å². The molecule has 1 saturated heterocycles. The number of nitrogens with one attached hydrogen (secondary N) is 1. The second-order valence-electron chi connectivity index (χ2n) is 7.15. The van der Waals surface area contributed by atoms with Crippen LogP contribution in [-0.4, -0.2) is 35.1 Å². The van der Waals surface area contributed by atoms with Crippen LogP contribution >= 0.6 is 19.4 Å². The molecule has 3 N–H and O–H groups in total. The molecule has 0 aromatic heterocycles. The lowest BCUT2D eigenvalue weighted by Crippen LogP contribution is -2.26. The second kappa shape index (κ2) is 11.4. The summed E-state index contributed by atoms with van der Waals surface area (Å²) in [6.45, 7) is 2.77. The Kier molecular flexibility index (Phi) is 9.57. The smallest absolute Gasteiger partial charge is 0.469 e. The van der Waals surface area contributed by atoms with Gasteiger partial charge in [-0.15, -0.1) is 0 Å². The number of halogens is 1. The molecule has 1 heterocycles. The van der Waals surface area contributed by atoms with Crippen LogP contribution in [0.4, 0.5) is 0 Å². The van der Waals surface area contributed by atoms with E-state index in [2.05, 4.69) is 22.8 Å². The zero-order valence-corrected chi connectivity index (χ0v) is 17.6. The van der Waals surface area contributed by atoms with Crippen LogP contribution in [0.15, 0.2) is 18.2 Å². The van der Waals surface area contributed by atoms with Gasteiger partial charge in [0.05, 0.1) is 11.6 Å². The van der Waals surface area contributed by atoms with E-state index in [1.165, 1.54) is 44.1 Å². The van der Waals surface area contributed by atoms with Crippen molar-refractivity contribution in [1.82, 2.24) is 5.32 Å². The van der Waals surface area contributed by atoms with Crippen molar-refractivity contribution >= 4 is 19.4 Å². The predicted molar refractivity (Wildman–Crippen MR) is 107 cm³/mol. The van der Waals surface area contributed by atoms with E-state index in [-0.39, 0.29) is 18.8 Å². The first-order valence-electron chi connectivity index (χ1n) is 9.76. The van der Waals surface area contributed by atoms with Crippen molar-refractivity contribution < 1.29 is 23.6 Å². The first-order valence-corrected chi connectivity index (χ1v) is 11.7. The van der Waals surface area contributed by atoms with E-state index in [4.69, 9.17) is 26.1 Å². The molecule has 0 saturated carbocycles. The summed E-state index contributed by atoms with van der Waals surface area (Å²) in [5.74, 6) is 0.645. The van der Waals surface area contributed by atoms with Crippen molar-refractivity contribution in [3.8, 4) is 5.75 Å². The molecule has 0 amide bonds. The number of hydrogen-bond acceptors (Lipinski definition) is 4. The molecular formula is C19H31ClNO5P. The molecule has 1 aromatic carbocycles. The van der Waals surface area contributed by atoms with Gasteiger partial charge in [0.2, 0.25) is 0 Å². The van der Waals surface area contributed by atoms with E-state index in [0.717, 1.165) is 6.42 Å². The highest BCUT2D eigenvalue weighted by Gasteiger charge is 2.28. The highest BCUT2D eigenvalue weighted by molar-refractivity contribution is 7.46. The molecule has 2 atom stereocenters. The third-order valence-electron chi connectivity index (χ3n) is 4.73. The quantitative estimate of drug-likeness (QED) is 0.342. The van der Waals surface area contributed by atoms with Crippen LogP contribution in [0, 0.1) is 0 Å². The molecule has 0 unspecified atom stereocenters. The molecule has 1 aromatic rings. The Bertz CT molecular complexity index is 624. The van der Waals surface area contributed by atoms with Crippen LogP contribution < -0.4 is 10.1 Å². The first-order chi connectivity index (χ1) is 12.9. The molecule has 27 heavy (non-hydrogen) atoms. The van der Waals surface area contributed by atoms with E-state index < -0.39 is 7.82 Å². The fourth-order valence-electron chi connectivity index (χ4n) is 3.27. The minimum Gasteiger partial charge on any atom is -0.487 e. The average Bonchev–Trinajstić information content (AvgIpc) is 3.05. The van der Waals surface area contributed by atoms with E-state index in [1.807, 2.05) is 12.1 Å². The van der Waals surface area contributed by atoms with Crippen molar-refractivity contribution in [3.63, 3.8) is 0 Å². The van der Waals surface area contributed by atoms with Gasteiger partial charge in [0.1, 0.15) is 11.9 Å². The van der Waals surface area contributed by atoms with E-state index in [1.54, 1.807) is 0 Å². The van der Waals surface area contributed by atoms with Crippen LogP contribution in [0.3, 0.4) is 0 Å². The molecule has 6 nitrogen and oxygen atoms in total. The molecule has 0 radical (unpaired) electrons. The van der Waals surface area contributed by atoms with Gasteiger partial charge < -0.3 is 19.8 Å². The highest BCUT2D eigenvalue weighted by atomic mass is 35.5. The van der Waals surface area contributed by atoms with E-state index in [0.29, 0.717) is 23.7 Å². The maximum atomic E-state index is 10.8. The highest BCUT2D eigenvalue weighted by Crippen LogP contribution is 2.36. The van der Waals surface area contributed by atoms with Crippen LogP contribution in [0.5, 0.6) is 5.75 Å². The maximum Gasteiger partial charge on any atom is 0.469 e. The van der Waals surface area contributed by atoms with Crippen LogP contribution in [0.25, 0.3) is 0 Å². The number of phosphoric acid groups is 1. The number of benzene rings is 1. The van der Waals surface area contributed by atoms with Crippen LogP contribution in [0.2, 0.25) is 5.02 Å². The minimum atomic E-state index is -4.44. The third-order valence-corrected chi connectivity index (χ3v) is 5.52. The summed E-state index contributed by atoms with van der Waals surface area (Å²) in [4.78, 5) is 17.5. The second-order valence-corrected chi connectivity index (χ2v) is 8.80. The lowest BCUT2D eigenvalue weighted by Gasteiger charge is -2.15. The SMILES string of the molecule is CCCCCCCCc1ccc(O[C@H]2CN[C@H](COP(=O)(O)O)C2)c(Cl)c1. The molecular weight excluding hydrogens is 389 g/mol. The fraction of sp³-hybridized carbons (Fsp3) is 0.684. The van der Waals surface area contributed by atoms with Crippen LogP contribution in [0.1, 0.15) is 57.4 Å². The van der Waals surface area contributed by atoms with Gasteiger partial charge in [-0.1, -0.05) is 56.7 Å². The third kappa shape index (κ3) is 8.95. The number of rotatable bonds is 12. The summed E-state index contributed by atoms with van der Waals surface area (Å²) in [6, 6.07) is 5.80. The molecule has 1 aliphatic heterocycles. The van der Waals surface area contributed by atoms with Gasteiger partial charge in [0.15, 0.2) is 0 Å². The lowest BCUT2D eigenvalue weighted by atomic mass is 10.0. The minimum absolute atomic E-state index is 0.0466. The van der Waals surface area contributed by atoms with Gasteiger partial charge in [-0.25, -0.2) is 4.57 Å². The lowest BCUT2D eigenvalue weighted by molar-refractivity contribution is 0.173. The Balaban J connectivity index is 1.73. The average molecular weight is 420 g/mol. The standard InChI is InChI=1S/C19H31ClNO5P/c1-2-3-4-5-6-7-8-15-9-10-19(18(20)11-15)26-17-12-16(21-13-17)14-25-27(22,23)24/h9-11,16-17,21H,2-8,12-14H2,1H3,(H2,22,23,24)/t16-,17+/m0/s1. The predicted octanol–water partition coefficient (Wildman–Crippen LogP) is 4.46. The normalized spacial score (nSPS) is 20.1. The van der Waals surface area contributed by atoms with Crippen molar-refractivity contribution in [2.75, 3.05) is 13.2 Å². The zero-order chi connectivity index (χ0) is 19.7. The number of aryl methyl sites for hydroxylation is 1. The van der Waals surface area contributed by atoms with Crippen molar-refractivity contribution in [2.45, 2.75) is 70.4 Å². The summed E-state index contributed by atoms with van der Waals surface area (Å²) in [5.41, 5.74) is 1.22. The topological polar surface area (TPSA) is 88.0 Å². The summed E-state index contributed by atoms with van der Waals surface area (Å²) in [7, 11) is -4.44. The Morgan fingerprint density at radius 1 is 1.22 bits per heavy atom. The van der Waals surface area contributed by atoms with Crippen molar-refractivity contribution in [3.05, 3.63) is 28.8 Å². The first kappa shape index (κ1) is 22.7. The molecule has 8 heteroatoms. The Morgan fingerprint density at radius 3 is 2.67 bits per heavy atom. The fourth-order valence-corrected chi connectivity index (χ4v) is 3.89. The molecule has 0 bridgehead atoms. The number of ether oxygens (including phenoxy) is 1. The largest absolute Gasteiger partial charge is 0.487 e. The Labute approximate surface area is 166 Å². The van der Waals surface area contributed by atoms with Gasteiger partial charge >= 0.3 is 7.82 Å². The monoisotopic (exact) mass is 419 g/mol. The number of hydrogen-bond donors (Lipinski definition) is 3. The summed E-state index contributed by atoms with van der Waals surface area (Å²) >= 11 is 6.37. The number of phosphoric ester groups is 1. The summed E-state index contributed by atoms with van der Waals surface area (Å²) in [6.07, 6.45) is 9.16. The van der Waals surface area contributed by atoms with Gasteiger partial charge in [0.25, 0.3) is 0 Å². The van der Waals surface area contributed by atoms with E-state index >= 15 is 0 Å². The summed E-state index contributed by atoms with van der Waals surface area (Å²) in [5, 5.41) is 3.75. The van der Waals surface area contributed by atoms with Crippen molar-refractivity contribution in [2.24, 2.45) is 0 Å². The molecule has 154 valence electrons.